The highest BCUT2D eigenvalue weighted by Gasteiger charge is 2.50. The van der Waals surface area contributed by atoms with E-state index in [1.165, 1.54) is 12.5 Å². The minimum atomic E-state index is -4.54. The van der Waals surface area contributed by atoms with Crippen LogP contribution in [0, 0.1) is 23.7 Å². The molecule has 2 heterocycles. The zero-order valence-corrected chi connectivity index (χ0v) is 29.7. The highest BCUT2D eigenvalue weighted by atomic mass is 32.2. The molecule has 3 aromatic rings. The summed E-state index contributed by atoms with van der Waals surface area (Å²) in [5, 5.41) is 29.0. The van der Waals surface area contributed by atoms with Crippen molar-refractivity contribution in [3.05, 3.63) is 82.1 Å². The van der Waals surface area contributed by atoms with Gasteiger partial charge in [0.1, 0.15) is 16.6 Å². The molecule has 0 saturated heterocycles. The molecule has 9 nitrogen and oxygen atoms in total. The summed E-state index contributed by atoms with van der Waals surface area (Å²) in [6, 6.07) is 12.5. The number of carbonyl (C=O) groups is 1. The Hall–Kier alpha value is -4.12. The Morgan fingerprint density at radius 3 is 2.20 bits per heavy atom. The van der Waals surface area contributed by atoms with Crippen molar-refractivity contribution >= 4 is 55.4 Å². The predicted molar refractivity (Wildman–Crippen MR) is 194 cm³/mol. The van der Waals surface area contributed by atoms with Crippen molar-refractivity contribution in [2.45, 2.75) is 88.5 Å². The molecule has 10 heteroatoms. The number of ketones is 1. The average molecular weight is 693 g/mol. The zero-order chi connectivity index (χ0) is 34.9. The summed E-state index contributed by atoms with van der Waals surface area (Å²) in [5.41, 5.74) is 5.36. The smallest absolute Gasteiger partial charge is 0.295 e. The first-order chi connectivity index (χ1) is 23.7. The summed E-state index contributed by atoms with van der Waals surface area (Å²) < 4.78 is 35.1. The molecule has 2 spiro atoms. The maximum Gasteiger partial charge on any atom is 0.295 e. The molecule has 9 rings (SSSR count). The summed E-state index contributed by atoms with van der Waals surface area (Å²) in [7, 11) is -4.54. The Bertz CT molecular complexity index is 2220. The van der Waals surface area contributed by atoms with Crippen LogP contribution in [0.25, 0.3) is 22.4 Å². The fraction of sp³-hybridized carbons (Fsp3) is 0.425. The summed E-state index contributed by atoms with van der Waals surface area (Å²) in [6.45, 7) is 9.07. The second-order valence-corrected chi connectivity index (χ2v) is 17.9. The highest BCUT2D eigenvalue weighted by Crippen LogP contribution is 2.52. The number of anilines is 3. The average Bonchev–Trinajstić information content (AvgIpc) is 3.01. The summed E-state index contributed by atoms with van der Waals surface area (Å²) >= 11 is 0. The topological polar surface area (TPSA) is 147 Å². The molecule has 5 unspecified atom stereocenters. The minimum Gasteiger partial charge on any atom is -0.871 e. The summed E-state index contributed by atoms with van der Waals surface area (Å²) in [6.07, 6.45) is 9.88. The van der Waals surface area contributed by atoms with E-state index < -0.39 is 15.8 Å². The van der Waals surface area contributed by atoms with E-state index >= 15 is 0 Å². The second-order valence-electron chi connectivity index (χ2n) is 16.5. The van der Waals surface area contributed by atoms with Crippen molar-refractivity contribution in [1.82, 2.24) is 0 Å². The molecular weight excluding hydrogens is 649 g/mol. The van der Waals surface area contributed by atoms with Gasteiger partial charge in [0.15, 0.2) is 11.4 Å². The van der Waals surface area contributed by atoms with Crippen LogP contribution in [0.4, 0.5) is 17.1 Å². The fourth-order valence-corrected chi connectivity index (χ4v) is 11.6. The number of benzene rings is 3. The van der Waals surface area contributed by atoms with Crippen LogP contribution < -0.4 is 26.4 Å². The van der Waals surface area contributed by atoms with Crippen molar-refractivity contribution in [3.8, 4) is 0 Å². The van der Waals surface area contributed by atoms with Crippen molar-refractivity contribution < 1.29 is 28.2 Å². The number of carbonyl (C=O) groups excluding carboxylic acids is 1. The van der Waals surface area contributed by atoms with Gasteiger partial charge in [0.05, 0.1) is 5.69 Å². The van der Waals surface area contributed by atoms with Crippen molar-refractivity contribution in [3.63, 3.8) is 0 Å². The molecule has 50 heavy (non-hydrogen) atoms. The molecular formula is C40H44N4O5S. The van der Waals surface area contributed by atoms with E-state index in [1.54, 1.807) is 18.2 Å². The van der Waals surface area contributed by atoms with E-state index in [4.69, 9.17) is 0 Å². The number of nitrogens with one attached hydrogen (secondary N) is 3. The predicted octanol–water partition coefficient (Wildman–Crippen LogP) is 5.94. The van der Waals surface area contributed by atoms with Crippen LogP contribution in [0.1, 0.15) is 89.0 Å². The van der Waals surface area contributed by atoms with Gasteiger partial charge in [-0.1, -0.05) is 69.9 Å². The van der Waals surface area contributed by atoms with Crippen LogP contribution in [0.3, 0.4) is 0 Å². The molecule has 2 aliphatic heterocycles. The first-order valence-electron chi connectivity index (χ1n) is 18.0. The number of nitrogens with two attached hydrogens (primary N) is 1. The summed E-state index contributed by atoms with van der Waals surface area (Å²) in [4.78, 5) is 14.3. The molecule has 260 valence electrons. The number of rotatable bonds is 2. The molecule has 4 aliphatic carbocycles. The third kappa shape index (κ3) is 4.71. The minimum absolute atomic E-state index is 0.116. The Kier molecular flexibility index (Phi) is 6.81. The van der Waals surface area contributed by atoms with Gasteiger partial charge in [0.2, 0.25) is 0 Å². The molecule has 0 amide bonds. The van der Waals surface area contributed by atoms with Crippen LogP contribution in [0.15, 0.2) is 70.3 Å². The number of hydrogen-bond acceptors (Lipinski definition) is 7. The third-order valence-corrected chi connectivity index (χ3v) is 13.1. The lowest BCUT2D eigenvalue weighted by molar-refractivity contribution is -0.757. The molecule has 2 saturated carbocycles. The van der Waals surface area contributed by atoms with Crippen LogP contribution >= 0.6 is 0 Å². The van der Waals surface area contributed by atoms with E-state index in [2.05, 4.69) is 67.2 Å². The standard InChI is InChI=1S/C40H44N4O5S/c1-20-14-21(2)17-39(16-20)41-28-7-5-6-24-8-9-26(35(43-39)31(24)28)33-37(45)34(38(33)46)27-11-10-25-30(50(47,48)49)13-12-29-32(25)36(27)44-40(42-29)18-22(3)15-23(4)19-40/h5-13,20-23,35,41-45H,14-19H2,1-4H3,(H,47,48,49)/b33-26+. The van der Waals surface area contributed by atoms with Crippen LogP contribution in [0.2, 0.25) is 0 Å². The quantitative estimate of drug-likeness (QED) is 0.164. The molecule has 0 aromatic heterocycles. The van der Waals surface area contributed by atoms with Gasteiger partial charge in [0.25, 0.3) is 10.1 Å². The number of quaternary nitrogens is 1. The van der Waals surface area contributed by atoms with Gasteiger partial charge >= 0.3 is 0 Å². The Labute approximate surface area is 293 Å². The second kappa shape index (κ2) is 10.7. The molecule has 3 aromatic carbocycles. The van der Waals surface area contributed by atoms with Gasteiger partial charge in [-0.15, -0.1) is 0 Å². The lowest BCUT2D eigenvalue weighted by Crippen LogP contribution is -3.02. The van der Waals surface area contributed by atoms with Crippen molar-refractivity contribution in [1.29, 1.82) is 0 Å². The summed E-state index contributed by atoms with van der Waals surface area (Å²) in [5.74, 6) is 1.36. The van der Waals surface area contributed by atoms with Crippen LogP contribution in [-0.2, 0) is 14.9 Å². The Balaban J connectivity index is 1.20. The third-order valence-electron chi connectivity index (χ3n) is 12.2. The molecule has 0 radical (unpaired) electrons. The van der Waals surface area contributed by atoms with E-state index in [9.17, 15) is 22.9 Å². The van der Waals surface area contributed by atoms with E-state index in [0.29, 0.717) is 51.4 Å². The maximum atomic E-state index is 14.5. The first kappa shape index (κ1) is 31.8. The normalized spacial score (nSPS) is 34.3. The molecule has 2 fully saturated rings. The Morgan fingerprint density at radius 2 is 1.52 bits per heavy atom. The zero-order valence-electron chi connectivity index (χ0n) is 28.9. The molecule has 6 N–H and O–H groups in total. The van der Waals surface area contributed by atoms with Crippen LogP contribution in [-0.4, -0.2) is 30.1 Å². The monoisotopic (exact) mass is 692 g/mol. The van der Waals surface area contributed by atoms with E-state index in [1.807, 2.05) is 12.2 Å². The van der Waals surface area contributed by atoms with Crippen LogP contribution in [0.5, 0.6) is 0 Å². The first-order valence-corrected chi connectivity index (χ1v) is 19.5. The van der Waals surface area contributed by atoms with Gasteiger partial charge in [-0.2, -0.15) is 8.42 Å². The van der Waals surface area contributed by atoms with Gasteiger partial charge in [-0.3, -0.25) is 9.35 Å². The van der Waals surface area contributed by atoms with Gasteiger partial charge in [-0.05, 0) is 73.1 Å². The van der Waals surface area contributed by atoms with Crippen molar-refractivity contribution in [2.75, 3.05) is 16.0 Å². The Morgan fingerprint density at radius 1 is 0.820 bits per heavy atom. The van der Waals surface area contributed by atoms with E-state index in [0.717, 1.165) is 54.5 Å². The van der Waals surface area contributed by atoms with Gasteiger partial charge < -0.3 is 26.4 Å². The largest absolute Gasteiger partial charge is 0.871 e. The molecule has 0 bridgehead atoms. The maximum absolute atomic E-state index is 14.5. The number of Topliss-reactive ketones (excluding diaryl/α,β-unsaturated/α-hetero) is 1. The fourth-order valence-electron chi connectivity index (χ4n) is 10.9. The molecule has 5 atom stereocenters. The van der Waals surface area contributed by atoms with Gasteiger partial charge in [-0.25, -0.2) is 0 Å². The lowest BCUT2D eigenvalue weighted by Gasteiger charge is -2.49. The number of allylic oxidation sites excluding steroid dienone is 2. The van der Waals surface area contributed by atoms with Crippen molar-refractivity contribution in [2.24, 2.45) is 23.7 Å². The van der Waals surface area contributed by atoms with E-state index in [-0.39, 0.29) is 39.3 Å². The highest BCUT2D eigenvalue weighted by molar-refractivity contribution is 7.86. The molecule has 6 aliphatic rings. The SMILES string of the molecule is CC1CC(C)CC2(C1)Nc1ccc(S(=O)(=O)O)c3ccc(C4=C([O-])/C(=C5/C=Cc6cccc7c6C5[NH2+]C5(CC(C)CC(C)C5)N7)C4=O)c(c13)N2. The lowest BCUT2D eigenvalue weighted by atomic mass is 9.71. The van der Waals surface area contributed by atoms with Gasteiger partial charge in [0, 0.05) is 62.8 Å². The number of hydrogen-bond donors (Lipinski definition) is 5.